The van der Waals surface area contributed by atoms with E-state index in [1.54, 1.807) is 11.8 Å². The summed E-state index contributed by atoms with van der Waals surface area (Å²) in [7, 11) is -5.41. The highest BCUT2D eigenvalue weighted by atomic mass is 32.2. The van der Waals surface area contributed by atoms with Gasteiger partial charge in [-0.05, 0) is 50.5 Å². The summed E-state index contributed by atoms with van der Waals surface area (Å²) < 4.78 is 60.3. The monoisotopic (exact) mass is 364 g/mol. The van der Waals surface area contributed by atoms with Crippen LogP contribution in [0, 0.1) is 0 Å². The summed E-state index contributed by atoms with van der Waals surface area (Å²) >= 11 is 0. The Morgan fingerprint density at radius 3 is 2.33 bits per heavy atom. The summed E-state index contributed by atoms with van der Waals surface area (Å²) in [4.78, 5) is 13.3. The maximum absolute atomic E-state index is 12.6. The van der Waals surface area contributed by atoms with Gasteiger partial charge in [0.25, 0.3) is 15.7 Å². The van der Waals surface area contributed by atoms with E-state index in [9.17, 15) is 26.4 Å². The van der Waals surface area contributed by atoms with Gasteiger partial charge in [-0.2, -0.15) is 13.2 Å². The van der Waals surface area contributed by atoms with E-state index in [0.717, 1.165) is 43.5 Å². The number of sulfone groups is 1. The topological polar surface area (TPSA) is 80.5 Å². The normalized spacial score (nSPS) is 20.7. The maximum atomic E-state index is 12.6. The lowest BCUT2D eigenvalue weighted by atomic mass is 9.96. The molecule has 0 saturated carbocycles. The summed E-state index contributed by atoms with van der Waals surface area (Å²) in [6.07, 6.45) is 2.55. The van der Waals surface area contributed by atoms with Gasteiger partial charge in [0.05, 0.1) is 4.90 Å². The number of alkyl halides is 3. The zero-order valence-electron chi connectivity index (χ0n) is 13.1. The average molecular weight is 364 g/mol. The number of benzene rings is 1. The smallest absolute Gasteiger partial charge is 0.334 e. The van der Waals surface area contributed by atoms with Crippen molar-refractivity contribution in [3.63, 3.8) is 0 Å². The molecule has 1 saturated heterocycles. The van der Waals surface area contributed by atoms with Crippen molar-refractivity contribution < 1.29 is 26.4 Å². The summed E-state index contributed by atoms with van der Waals surface area (Å²) in [5.74, 6) is -0.354. The van der Waals surface area contributed by atoms with Gasteiger partial charge >= 0.3 is 5.51 Å². The van der Waals surface area contributed by atoms with Gasteiger partial charge < -0.3 is 10.6 Å². The van der Waals surface area contributed by atoms with Crippen molar-refractivity contribution in [3.05, 3.63) is 29.8 Å². The Kier molecular flexibility index (Phi) is 5.24. The molecule has 1 heterocycles. The Morgan fingerprint density at radius 2 is 1.83 bits per heavy atom. The summed E-state index contributed by atoms with van der Waals surface area (Å²) in [6, 6.07) is 3.47. The van der Waals surface area contributed by atoms with E-state index < -0.39 is 20.2 Å². The Labute approximate surface area is 138 Å². The van der Waals surface area contributed by atoms with Gasteiger partial charge in [0.1, 0.15) is 0 Å². The third-order valence-electron chi connectivity index (χ3n) is 4.13. The van der Waals surface area contributed by atoms with E-state index in [4.69, 9.17) is 5.73 Å². The van der Waals surface area contributed by atoms with Crippen molar-refractivity contribution in [2.75, 3.05) is 6.54 Å². The minimum Gasteiger partial charge on any atom is -0.334 e. The number of nitrogens with two attached hydrogens (primary N) is 1. The van der Waals surface area contributed by atoms with Crippen LogP contribution in [0.4, 0.5) is 13.2 Å². The molecule has 1 fully saturated rings. The molecule has 1 aromatic carbocycles. The Hall–Kier alpha value is -1.61. The molecule has 24 heavy (non-hydrogen) atoms. The number of rotatable bonds is 3. The van der Waals surface area contributed by atoms with Crippen molar-refractivity contribution in [3.8, 4) is 0 Å². The third-order valence-corrected chi connectivity index (χ3v) is 5.64. The second kappa shape index (κ2) is 6.72. The molecule has 1 aromatic rings. The molecule has 0 unspecified atom stereocenters. The van der Waals surface area contributed by atoms with E-state index in [1.807, 2.05) is 0 Å². The first-order valence-corrected chi connectivity index (χ1v) is 9.02. The molecule has 0 aromatic heterocycles. The molecule has 2 atom stereocenters. The van der Waals surface area contributed by atoms with Crippen molar-refractivity contribution >= 4 is 15.7 Å². The van der Waals surface area contributed by atoms with Crippen LogP contribution in [-0.2, 0) is 9.84 Å². The zero-order chi connectivity index (χ0) is 18.1. The van der Waals surface area contributed by atoms with Crippen LogP contribution < -0.4 is 5.73 Å². The van der Waals surface area contributed by atoms with Crippen LogP contribution in [0.3, 0.4) is 0 Å². The van der Waals surface area contributed by atoms with Gasteiger partial charge in [0.2, 0.25) is 0 Å². The quantitative estimate of drug-likeness (QED) is 0.893. The second-order valence-corrected chi connectivity index (χ2v) is 7.84. The minimum absolute atomic E-state index is 0.134. The highest BCUT2D eigenvalue weighted by Gasteiger charge is 2.46. The van der Waals surface area contributed by atoms with Crippen LogP contribution in [0.25, 0.3) is 0 Å². The van der Waals surface area contributed by atoms with Crippen LogP contribution in [0.5, 0.6) is 0 Å². The molecule has 1 amide bonds. The van der Waals surface area contributed by atoms with Gasteiger partial charge in [-0.15, -0.1) is 0 Å². The van der Waals surface area contributed by atoms with Gasteiger partial charge in [0, 0.05) is 24.2 Å². The first kappa shape index (κ1) is 18.7. The van der Waals surface area contributed by atoms with E-state index >= 15 is 0 Å². The lowest BCUT2D eigenvalue weighted by Crippen LogP contribution is -2.51. The van der Waals surface area contributed by atoms with Crippen LogP contribution in [0.15, 0.2) is 29.2 Å². The first-order chi connectivity index (χ1) is 11.1. The number of halogens is 3. The molecule has 134 valence electrons. The highest BCUT2D eigenvalue weighted by Crippen LogP contribution is 2.30. The molecule has 1 aliphatic heterocycles. The van der Waals surface area contributed by atoms with Crippen molar-refractivity contribution in [1.82, 2.24) is 4.90 Å². The highest BCUT2D eigenvalue weighted by molar-refractivity contribution is 7.92. The Balaban J connectivity index is 2.26. The zero-order valence-corrected chi connectivity index (χ0v) is 13.9. The molecule has 0 aliphatic carbocycles. The van der Waals surface area contributed by atoms with Crippen LogP contribution in [-0.4, -0.2) is 43.4 Å². The average Bonchev–Trinajstić information content (AvgIpc) is 2.53. The third kappa shape index (κ3) is 3.56. The maximum Gasteiger partial charge on any atom is 0.501 e. The Morgan fingerprint density at radius 1 is 1.25 bits per heavy atom. The summed E-state index contributed by atoms with van der Waals surface area (Å²) in [5, 5.41) is 0. The molecular formula is C15H19F3N2O3S. The molecule has 2 N–H and O–H groups in total. The van der Waals surface area contributed by atoms with Crippen molar-refractivity contribution in [1.29, 1.82) is 0 Å². The van der Waals surface area contributed by atoms with E-state index in [0.29, 0.717) is 6.54 Å². The van der Waals surface area contributed by atoms with Gasteiger partial charge in [-0.1, -0.05) is 0 Å². The number of nitrogens with zero attached hydrogens (tertiary/aromatic N) is 1. The molecule has 5 nitrogen and oxygen atoms in total. The lowest BCUT2D eigenvalue weighted by molar-refractivity contribution is -0.0436. The molecular weight excluding hydrogens is 345 g/mol. The fraction of sp³-hybridized carbons (Fsp3) is 0.533. The lowest BCUT2D eigenvalue weighted by Gasteiger charge is -2.38. The van der Waals surface area contributed by atoms with Gasteiger partial charge in [0.15, 0.2) is 0 Å². The molecule has 9 heteroatoms. The number of carbonyl (C=O) groups is 1. The fourth-order valence-electron chi connectivity index (χ4n) is 2.83. The number of hydrogen-bond donors (Lipinski definition) is 1. The van der Waals surface area contributed by atoms with Crippen molar-refractivity contribution in [2.45, 2.75) is 48.7 Å². The second-order valence-electron chi connectivity index (χ2n) is 5.89. The fourth-order valence-corrected chi connectivity index (χ4v) is 3.59. The number of hydrogen-bond acceptors (Lipinski definition) is 4. The SMILES string of the molecule is C[C@@H](N)[C@@H]1CCCCN1C(=O)c1ccc(S(=O)(=O)C(F)(F)F)cc1. The van der Waals surface area contributed by atoms with Crippen LogP contribution in [0.1, 0.15) is 36.5 Å². The first-order valence-electron chi connectivity index (χ1n) is 7.53. The molecule has 0 bridgehead atoms. The van der Waals surface area contributed by atoms with Crippen molar-refractivity contribution in [2.24, 2.45) is 5.73 Å². The standard InChI is InChI=1S/C15H19F3N2O3S/c1-10(19)13-4-2-3-9-20(13)14(21)11-5-7-12(8-6-11)24(22,23)15(16,17)18/h5-8,10,13H,2-4,9,19H2,1H3/t10-,13+/m1/s1. The molecule has 1 aliphatic rings. The largest absolute Gasteiger partial charge is 0.501 e. The summed E-state index contributed by atoms with van der Waals surface area (Å²) in [6.45, 7) is 2.32. The van der Waals surface area contributed by atoms with E-state index in [1.165, 1.54) is 0 Å². The number of likely N-dealkylation sites (tertiary alicyclic amines) is 1. The molecule has 2 rings (SSSR count). The van der Waals surface area contributed by atoms with Crippen LogP contribution >= 0.6 is 0 Å². The minimum atomic E-state index is -5.41. The Bertz CT molecular complexity index is 700. The van der Waals surface area contributed by atoms with Gasteiger partial charge in [-0.25, -0.2) is 8.42 Å². The number of piperidine rings is 1. The predicted molar refractivity (Wildman–Crippen MR) is 82.0 cm³/mol. The molecule has 0 radical (unpaired) electrons. The van der Waals surface area contributed by atoms with E-state index in [2.05, 4.69) is 0 Å². The van der Waals surface area contributed by atoms with E-state index in [-0.39, 0.29) is 23.6 Å². The van der Waals surface area contributed by atoms with Crippen LogP contribution in [0.2, 0.25) is 0 Å². The molecule has 0 spiro atoms. The number of carbonyl (C=O) groups excluding carboxylic acids is 1. The number of amides is 1. The van der Waals surface area contributed by atoms with Gasteiger partial charge in [-0.3, -0.25) is 4.79 Å². The predicted octanol–water partition coefficient (Wildman–Crippen LogP) is 2.32. The summed E-state index contributed by atoms with van der Waals surface area (Å²) in [5.41, 5.74) is 0.677.